The van der Waals surface area contributed by atoms with Crippen LogP contribution >= 0.6 is 15.9 Å². The first-order valence-electron chi connectivity index (χ1n) is 5.74. The van der Waals surface area contributed by atoms with Gasteiger partial charge in [-0.25, -0.2) is 0 Å². The van der Waals surface area contributed by atoms with Crippen molar-refractivity contribution >= 4 is 21.8 Å². The molecule has 1 aromatic carbocycles. The summed E-state index contributed by atoms with van der Waals surface area (Å²) in [7, 11) is 3.53. The molecule has 0 aliphatic rings. The molecule has 1 aromatic rings. The zero-order valence-corrected chi connectivity index (χ0v) is 12.1. The number of amides is 1. The van der Waals surface area contributed by atoms with Crippen molar-refractivity contribution in [3.8, 4) is 0 Å². The fraction of sp³-hybridized carbons (Fsp3) is 0.462. The van der Waals surface area contributed by atoms with E-state index >= 15 is 0 Å². The van der Waals surface area contributed by atoms with Gasteiger partial charge in [0, 0.05) is 24.6 Å². The van der Waals surface area contributed by atoms with E-state index in [9.17, 15) is 4.79 Å². The van der Waals surface area contributed by atoms with Gasteiger partial charge in [0.25, 0.3) is 0 Å². The summed E-state index contributed by atoms with van der Waals surface area (Å²) in [6.07, 6.45) is 0.948. The Balaban J connectivity index is 2.67. The van der Waals surface area contributed by atoms with Crippen LogP contribution in [0.5, 0.6) is 0 Å². The number of carbonyl (C=O) groups is 1. The van der Waals surface area contributed by atoms with Gasteiger partial charge in [-0.2, -0.15) is 0 Å². The number of likely N-dealkylation sites (N-methyl/N-ethyl adjacent to an activating group) is 1. The molecular weight excluding hydrogens is 280 g/mol. The third kappa shape index (κ3) is 4.13. The molecule has 1 N–H and O–H groups in total. The van der Waals surface area contributed by atoms with Crippen molar-refractivity contribution in [2.45, 2.75) is 19.4 Å². The molecule has 0 saturated carbocycles. The standard InChI is InChI=1S/C13H19BrN2O/c1-4-12(15-9-13(17)16(2)3)10-7-5-6-8-11(10)14/h5-8,12,15H,4,9H2,1-3H3/t12-/m1/s1. The SMILES string of the molecule is CC[C@@H](NCC(=O)N(C)C)c1ccccc1Br. The van der Waals surface area contributed by atoms with Crippen molar-refractivity contribution in [3.05, 3.63) is 34.3 Å². The molecule has 0 spiro atoms. The maximum absolute atomic E-state index is 11.5. The topological polar surface area (TPSA) is 32.3 Å². The van der Waals surface area contributed by atoms with Gasteiger partial charge in [0.1, 0.15) is 0 Å². The Morgan fingerprint density at radius 1 is 1.41 bits per heavy atom. The summed E-state index contributed by atoms with van der Waals surface area (Å²) in [5.74, 6) is 0.0931. The molecule has 1 rings (SSSR count). The van der Waals surface area contributed by atoms with Crippen LogP contribution in [0.4, 0.5) is 0 Å². The molecule has 0 radical (unpaired) electrons. The quantitative estimate of drug-likeness (QED) is 0.906. The summed E-state index contributed by atoms with van der Waals surface area (Å²) in [6, 6.07) is 8.30. The monoisotopic (exact) mass is 298 g/mol. The zero-order valence-electron chi connectivity index (χ0n) is 10.5. The molecule has 3 nitrogen and oxygen atoms in total. The van der Waals surface area contributed by atoms with E-state index in [1.54, 1.807) is 19.0 Å². The number of halogens is 1. The lowest BCUT2D eigenvalue weighted by atomic mass is 10.0. The van der Waals surface area contributed by atoms with Gasteiger partial charge >= 0.3 is 0 Å². The van der Waals surface area contributed by atoms with Crippen LogP contribution < -0.4 is 5.32 Å². The van der Waals surface area contributed by atoms with Crippen LogP contribution in [0.15, 0.2) is 28.7 Å². The third-order valence-electron chi connectivity index (χ3n) is 2.69. The van der Waals surface area contributed by atoms with Crippen molar-refractivity contribution in [3.63, 3.8) is 0 Å². The molecule has 0 heterocycles. The summed E-state index contributed by atoms with van der Waals surface area (Å²) >= 11 is 3.54. The van der Waals surface area contributed by atoms with Gasteiger partial charge in [-0.3, -0.25) is 4.79 Å². The number of nitrogens with one attached hydrogen (secondary N) is 1. The zero-order chi connectivity index (χ0) is 12.8. The van der Waals surface area contributed by atoms with Gasteiger partial charge in [0.2, 0.25) is 5.91 Å². The molecule has 17 heavy (non-hydrogen) atoms. The van der Waals surface area contributed by atoms with Crippen LogP contribution in [0.25, 0.3) is 0 Å². The molecule has 0 aliphatic carbocycles. The number of nitrogens with zero attached hydrogens (tertiary/aromatic N) is 1. The minimum absolute atomic E-state index is 0.0931. The molecule has 0 fully saturated rings. The first kappa shape index (κ1) is 14.2. The summed E-state index contributed by atoms with van der Waals surface area (Å²) in [5.41, 5.74) is 1.20. The van der Waals surface area contributed by atoms with Gasteiger partial charge in [0.15, 0.2) is 0 Å². The normalized spacial score (nSPS) is 12.2. The van der Waals surface area contributed by atoms with Gasteiger partial charge in [-0.05, 0) is 18.1 Å². The molecule has 0 unspecified atom stereocenters. The Hall–Kier alpha value is -0.870. The van der Waals surface area contributed by atoms with E-state index in [1.165, 1.54) is 5.56 Å². The molecule has 4 heteroatoms. The first-order chi connectivity index (χ1) is 8.06. The smallest absolute Gasteiger partial charge is 0.236 e. The molecular formula is C13H19BrN2O. The maximum atomic E-state index is 11.5. The van der Waals surface area contributed by atoms with Gasteiger partial charge < -0.3 is 10.2 Å². The predicted octanol–water partition coefficient (Wildman–Crippen LogP) is 2.58. The van der Waals surface area contributed by atoms with Crippen molar-refractivity contribution < 1.29 is 4.79 Å². The molecule has 0 aromatic heterocycles. The predicted molar refractivity (Wildman–Crippen MR) is 73.9 cm³/mol. The number of rotatable bonds is 5. The van der Waals surface area contributed by atoms with E-state index in [2.05, 4.69) is 34.2 Å². The van der Waals surface area contributed by atoms with Gasteiger partial charge in [0.05, 0.1) is 6.54 Å². The highest BCUT2D eigenvalue weighted by Crippen LogP contribution is 2.24. The molecule has 1 atom stereocenters. The van der Waals surface area contributed by atoms with Crippen LogP contribution in [0.3, 0.4) is 0 Å². The van der Waals surface area contributed by atoms with Crippen LogP contribution in [0, 0.1) is 0 Å². The molecule has 1 amide bonds. The average molecular weight is 299 g/mol. The summed E-state index contributed by atoms with van der Waals surface area (Å²) in [4.78, 5) is 13.1. The number of carbonyl (C=O) groups excluding carboxylic acids is 1. The van der Waals surface area contributed by atoms with Crippen molar-refractivity contribution in [2.75, 3.05) is 20.6 Å². The lowest BCUT2D eigenvalue weighted by molar-refractivity contribution is -0.127. The largest absolute Gasteiger partial charge is 0.348 e. The average Bonchev–Trinajstić information content (AvgIpc) is 2.31. The van der Waals surface area contributed by atoms with E-state index in [-0.39, 0.29) is 11.9 Å². The van der Waals surface area contributed by atoms with Gasteiger partial charge in [-0.1, -0.05) is 41.1 Å². The Bertz CT molecular complexity index is 379. The Kier molecular flexibility index (Phi) is 5.65. The highest BCUT2D eigenvalue weighted by Gasteiger charge is 2.13. The minimum atomic E-state index is 0.0931. The van der Waals surface area contributed by atoms with E-state index in [0.29, 0.717) is 6.54 Å². The van der Waals surface area contributed by atoms with Crippen LogP contribution in [-0.2, 0) is 4.79 Å². The van der Waals surface area contributed by atoms with Crippen molar-refractivity contribution in [1.29, 1.82) is 0 Å². The van der Waals surface area contributed by atoms with E-state index in [0.717, 1.165) is 10.9 Å². The third-order valence-corrected chi connectivity index (χ3v) is 3.41. The summed E-state index contributed by atoms with van der Waals surface area (Å²) < 4.78 is 1.08. The van der Waals surface area contributed by atoms with E-state index in [4.69, 9.17) is 0 Å². The Labute approximate surface area is 111 Å². The second-order valence-electron chi connectivity index (χ2n) is 4.15. The lowest BCUT2D eigenvalue weighted by Crippen LogP contribution is -2.35. The number of hydrogen-bond acceptors (Lipinski definition) is 2. The minimum Gasteiger partial charge on any atom is -0.348 e. The second-order valence-corrected chi connectivity index (χ2v) is 5.01. The molecule has 0 bridgehead atoms. The van der Waals surface area contributed by atoms with Crippen molar-refractivity contribution in [1.82, 2.24) is 10.2 Å². The van der Waals surface area contributed by atoms with Crippen LogP contribution in [0.1, 0.15) is 24.9 Å². The Morgan fingerprint density at radius 3 is 2.59 bits per heavy atom. The molecule has 0 aliphatic heterocycles. The number of benzene rings is 1. The first-order valence-corrected chi connectivity index (χ1v) is 6.53. The highest BCUT2D eigenvalue weighted by atomic mass is 79.9. The van der Waals surface area contributed by atoms with Crippen LogP contribution in [0.2, 0.25) is 0 Å². The highest BCUT2D eigenvalue weighted by molar-refractivity contribution is 9.10. The van der Waals surface area contributed by atoms with E-state index < -0.39 is 0 Å². The molecule has 94 valence electrons. The number of hydrogen-bond donors (Lipinski definition) is 1. The van der Waals surface area contributed by atoms with Crippen LogP contribution in [-0.4, -0.2) is 31.4 Å². The molecule has 0 saturated heterocycles. The fourth-order valence-corrected chi connectivity index (χ4v) is 2.16. The Morgan fingerprint density at radius 2 is 2.06 bits per heavy atom. The maximum Gasteiger partial charge on any atom is 0.236 e. The summed E-state index contributed by atoms with van der Waals surface area (Å²) in [5, 5.41) is 3.29. The van der Waals surface area contributed by atoms with Crippen molar-refractivity contribution in [2.24, 2.45) is 0 Å². The summed E-state index contributed by atoms with van der Waals surface area (Å²) in [6.45, 7) is 2.48. The lowest BCUT2D eigenvalue weighted by Gasteiger charge is -2.20. The van der Waals surface area contributed by atoms with E-state index in [1.807, 2.05) is 18.2 Å². The van der Waals surface area contributed by atoms with Gasteiger partial charge in [-0.15, -0.1) is 0 Å². The fourth-order valence-electron chi connectivity index (χ4n) is 1.60. The second kappa shape index (κ2) is 6.77.